The van der Waals surface area contributed by atoms with Crippen molar-refractivity contribution in [1.29, 1.82) is 0 Å². The Labute approximate surface area is 130 Å². The molecule has 2 heteroatoms. The molecule has 0 aromatic carbocycles. The van der Waals surface area contributed by atoms with Crippen LogP contribution in [0, 0.1) is 11.8 Å². The lowest BCUT2D eigenvalue weighted by Gasteiger charge is -2.00. The summed E-state index contributed by atoms with van der Waals surface area (Å²) in [5.41, 5.74) is 6.81. The minimum atomic E-state index is 0.826. The van der Waals surface area contributed by atoms with Crippen LogP contribution in [-0.2, 0) is 6.42 Å². The van der Waals surface area contributed by atoms with Crippen LogP contribution in [-0.4, -0.2) is 11.5 Å². The summed E-state index contributed by atoms with van der Waals surface area (Å²) in [6.07, 6.45) is 17.1. The summed E-state index contributed by atoms with van der Waals surface area (Å²) in [6, 6.07) is 4.17. The van der Waals surface area contributed by atoms with Crippen molar-refractivity contribution in [2.45, 2.75) is 70.6 Å². The fraction of sp³-hybridized carbons (Fsp3) is 0.632. The van der Waals surface area contributed by atoms with Gasteiger partial charge in [0.1, 0.15) is 0 Å². The van der Waals surface area contributed by atoms with Crippen LogP contribution in [0.5, 0.6) is 0 Å². The number of hydrogen-bond donors (Lipinski definition) is 1. The standard InChI is InChI=1S/C19H30N2/c20-16-12-10-8-6-4-2-1-3-5-7-9-11-14-19-15-13-17-21-18-19/h13,15,17-18H,3-12,14,16,20H2. The van der Waals surface area contributed by atoms with E-state index in [0.717, 1.165) is 32.2 Å². The number of unbranched alkanes of at least 4 members (excludes halogenated alkanes) is 8. The van der Waals surface area contributed by atoms with Gasteiger partial charge in [0, 0.05) is 25.2 Å². The quantitative estimate of drug-likeness (QED) is 0.481. The van der Waals surface area contributed by atoms with Crippen LogP contribution in [0.1, 0.15) is 69.8 Å². The summed E-state index contributed by atoms with van der Waals surface area (Å²) in [6.45, 7) is 0.826. The van der Waals surface area contributed by atoms with Gasteiger partial charge in [0.2, 0.25) is 0 Å². The van der Waals surface area contributed by atoms with E-state index in [9.17, 15) is 0 Å². The van der Waals surface area contributed by atoms with Gasteiger partial charge in [-0.05, 0) is 50.3 Å². The van der Waals surface area contributed by atoms with Gasteiger partial charge in [0.15, 0.2) is 0 Å². The number of pyridine rings is 1. The lowest BCUT2D eigenvalue weighted by atomic mass is 10.1. The first-order valence-electron chi connectivity index (χ1n) is 8.48. The van der Waals surface area contributed by atoms with Gasteiger partial charge in [0.25, 0.3) is 0 Å². The van der Waals surface area contributed by atoms with Crippen LogP contribution in [0.2, 0.25) is 0 Å². The Kier molecular flexibility index (Phi) is 11.5. The minimum Gasteiger partial charge on any atom is -0.330 e. The molecule has 0 saturated carbocycles. The monoisotopic (exact) mass is 286 g/mol. The maximum atomic E-state index is 5.46. The highest BCUT2D eigenvalue weighted by Gasteiger charge is 1.93. The number of aryl methyl sites for hydroxylation is 1. The molecule has 116 valence electrons. The average molecular weight is 286 g/mol. The van der Waals surface area contributed by atoms with E-state index in [2.05, 4.69) is 22.9 Å². The third-order valence-corrected chi connectivity index (χ3v) is 3.62. The largest absolute Gasteiger partial charge is 0.330 e. The predicted molar refractivity (Wildman–Crippen MR) is 90.9 cm³/mol. The molecule has 2 N–H and O–H groups in total. The van der Waals surface area contributed by atoms with Crippen molar-refractivity contribution in [2.75, 3.05) is 6.54 Å². The zero-order chi connectivity index (χ0) is 15.0. The molecule has 0 saturated heterocycles. The second kappa shape index (κ2) is 13.6. The SMILES string of the molecule is NCCCCCCC#CCCCCCCc1cccnc1. The smallest absolute Gasteiger partial charge is 0.0299 e. The van der Waals surface area contributed by atoms with Gasteiger partial charge >= 0.3 is 0 Å². The fourth-order valence-corrected chi connectivity index (χ4v) is 2.33. The Morgan fingerprint density at radius 1 is 0.857 bits per heavy atom. The Balaban J connectivity index is 1.84. The van der Waals surface area contributed by atoms with Crippen molar-refractivity contribution in [2.24, 2.45) is 5.73 Å². The molecule has 0 radical (unpaired) electrons. The van der Waals surface area contributed by atoms with Gasteiger partial charge in [0.05, 0.1) is 0 Å². The van der Waals surface area contributed by atoms with Crippen molar-refractivity contribution in [1.82, 2.24) is 4.98 Å². The summed E-state index contributed by atoms with van der Waals surface area (Å²) >= 11 is 0. The zero-order valence-corrected chi connectivity index (χ0v) is 13.3. The van der Waals surface area contributed by atoms with Crippen molar-refractivity contribution >= 4 is 0 Å². The van der Waals surface area contributed by atoms with E-state index in [1.165, 1.54) is 50.5 Å². The number of aromatic nitrogens is 1. The maximum Gasteiger partial charge on any atom is 0.0299 e. The minimum absolute atomic E-state index is 0.826. The Morgan fingerprint density at radius 2 is 1.52 bits per heavy atom. The highest BCUT2D eigenvalue weighted by atomic mass is 14.6. The van der Waals surface area contributed by atoms with Gasteiger partial charge in [-0.1, -0.05) is 31.7 Å². The maximum absolute atomic E-state index is 5.46. The second-order valence-corrected chi connectivity index (χ2v) is 5.58. The topological polar surface area (TPSA) is 38.9 Å². The highest BCUT2D eigenvalue weighted by molar-refractivity contribution is 5.08. The predicted octanol–water partition coefficient (Wildman–Crippen LogP) is 4.49. The molecule has 1 aromatic heterocycles. The molecule has 21 heavy (non-hydrogen) atoms. The molecule has 1 heterocycles. The normalized spacial score (nSPS) is 10.1. The fourth-order valence-electron chi connectivity index (χ4n) is 2.33. The summed E-state index contributed by atoms with van der Waals surface area (Å²) < 4.78 is 0. The van der Waals surface area contributed by atoms with Crippen LogP contribution < -0.4 is 5.73 Å². The van der Waals surface area contributed by atoms with Gasteiger partial charge in [-0.15, -0.1) is 11.8 Å². The third kappa shape index (κ3) is 11.0. The summed E-state index contributed by atoms with van der Waals surface area (Å²) in [4.78, 5) is 4.14. The van der Waals surface area contributed by atoms with Crippen molar-refractivity contribution in [3.8, 4) is 11.8 Å². The van der Waals surface area contributed by atoms with Crippen LogP contribution in [0.3, 0.4) is 0 Å². The van der Waals surface area contributed by atoms with Crippen LogP contribution in [0.4, 0.5) is 0 Å². The highest BCUT2D eigenvalue weighted by Crippen LogP contribution is 2.07. The van der Waals surface area contributed by atoms with Gasteiger partial charge in [-0.3, -0.25) is 4.98 Å². The average Bonchev–Trinajstić information content (AvgIpc) is 2.53. The lowest BCUT2D eigenvalue weighted by molar-refractivity contribution is 0.647. The van der Waals surface area contributed by atoms with E-state index in [4.69, 9.17) is 5.73 Å². The van der Waals surface area contributed by atoms with Gasteiger partial charge < -0.3 is 5.73 Å². The molecular weight excluding hydrogens is 256 g/mol. The molecule has 0 bridgehead atoms. The van der Waals surface area contributed by atoms with E-state index in [1.807, 2.05) is 18.5 Å². The first kappa shape index (κ1) is 17.7. The molecule has 0 spiro atoms. The van der Waals surface area contributed by atoms with Crippen molar-refractivity contribution in [3.63, 3.8) is 0 Å². The first-order valence-corrected chi connectivity index (χ1v) is 8.48. The molecule has 0 aliphatic carbocycles. The number of hydrogen-bond acceptors (Lipinski definition) is 2. The molecule has 2 nitrogen and oxygen atoms in total. The summed E-state index contributed by atoms with van der Waals surface area (Å²) in [5.74, 6) is 6.59. The van der Waals surface area contributed by atoms with Crippen molar-refractivity contribution < 1.29 is 0 Å². The molecule has 0 fully saturated rings. The van der Waals surface area contributed by atoms with Crippen molar-refractivity contribution in [3.05, 3.63) is 30.1 Å². The van der Waals surface area contributed by atoms with Gasteiger partial charge in [-0.25, -0.2) is 0 Å². The van der Waals surface area contributed by atoms with E-state index < -0.39 is 0 Å². The summed E-state index contributed by atoms with van der Waals surface area (Å²) in [7, 11) is 0. The number of rotatable bonds is 11. The third-order valence-electron chi connectivity index (χ3n) is 3.62. The lowest BCUT2D eigenvalue weighted by Crippen LogP contribution is -1.97. The molecule has 0 atom stereocenters. The molecule has 0 unspecified atom stereocenters. The number of nitrogens with two attached hydrogens (primary N) is 1. The van der Waals surface area contributed by atoms with Crippen LogP contribution in [0.15, 0.2) is 24.5 Å². The van der Waals surface area contributed by atoms with E-state index in [0.29, 0.717) is 0 Å². The van der Waals surface area contributed by atoms with Gasteiger partial charge in [-0.2, -0.15) is 0 Å². The molecule has 1 rings (SSSR count). The molecule has 1 aromatic rings. The Hall–Kier alpha value is -1.33. The zero-order valence-electron chi connectivity index (χ0n) is 13.3. The van der Waals surface area contributed by atoms with Crippen LogP contribution in [0.25, 0.3) is 0 Å². The second-order valence-electron chi connectivity index (χ2n) is 5.58. The Bertz CT molecular complexity index is 389. The van der Waals surface area contributed by atoms with Crippen LogP contribution >= 0.6 is 0 Å². The first-order chi connectivity index (χ1) is 10.4. The number of nitrogens with zero attached hydrogens (tertiary/aromatic N) is 1. The van der Waals surface area contributed by atoms with E-state index in [1.54, 1.807) is 0 Å². The van der Waals surface area contributed by atoms with E-state index in [-0.39, 0.29) is 0 Å². The Morgan fingerprint density at radius 3 is 2.14 bits per heavy atom. The molecule has 0 aliphatic heterocycles. The molecule has 0 aliphatic rings. The summed E-state index contributed by atoms with van der Waals surface area (Å²) in [5, 5.41) is 0. The molecule has 0 amide bonds. The van der Waals surface area contributed by atoms with E-state index >= 15 is 0 Å². The molecular formula is C19H30N2.